The lowest BCUT2D eigenvalue weighted by Gasteiger charge is -2.05. The second-order valence-corrected chi connectivity index (χ2v) is 5.40. The molecule has 0 fully saturated rings. The van der Waals surface area contributed by atoms with Crippen LogP contribution in [0.25, 0.3) is 6.08 Å². The molecule has 21 heavy (non-hydrogen) atoms. The van der Waals surface area contributed by atoms with Crippen LogP contribution in [0.15, 0.2) is 69.8 Å². The van der Waals surface area contributed by atoms with Crippen LogP contribution in [-0.4, -0.2) is 18.3 Å². The van der Waals surface area contributed by atoms with Gasteiger partial charge in [-0.3, -0.25) is 4.79 Å². The van der Waals surface area contributed by atoms with Gasteiger partial charge in [0.05, 0.1) is 5.70 Å². The number of carbonyl (C=O) groups excluding carboxylic acids is 1. The van der Waals surface area contributed by atoms with Crippen molar-refractivity contribution in [2.45, 2.75) is 6.10 Å². The van der Waals surface area contributed by atoms with E-state index >= 15 is 0 Å². The van der Waals surface area contributed by atoms with Crippen LogP contribution in [0.5, 0.6) is 0 Å². The molecule has 1 atom stereocenters. The van der Waals surface area contributed by atoms with Gasteiger partial charge in [-0.1, -0.05) is 52.3 Å². The molecule has 0 aromatic heterocycles. The predicted octanol–water partition coefficient (Wildman–Crippen LogP) is 3.83. The lowest BCUT2D eigenvalue weighted by molar-refractivity contribution is -0.112. The van der Waals surface area contributed by atoms with Gasteiger partial charge >= 0.3 is 0 Å². The van der Waals surface area contributed by atoms with Gasteiger partial charge < -0.3 is 4.74 Å². The Kier molecular flexibility index (Phi) is 3.97. The first-order chi connectivity index (χ1) is 10.3. The molecule has 1 aliphatic heterocycles. The Morgan fingerprint density at radius 2 is 1.76 bits per heavy atom. The van der Waals surface area contributed by atoms with Crippen molar-refractivity contribution in [3.05, 3.63) is 75.9 Å². The molecule has 0 radical (unpaired) electrons. The SMILES string of the molecule is O=CC1OC(c2ccccc2)=N/C1=C\c1ccccc1Br. The Hall–Kier alpha value is -2.20. The predicted molar refractivity (Wildman–Crippen MR) is 86.0 cm³/mol. The normalized spacial score (nSPS) is 19.2. The van der Waals surface area contributed by atoms with Crippen LogP contribution in [0.3, 0.4) is 0 Å². The number of hydrogen-bond acceptors (Lipinski definition) is 3. The van der Waals surface area contributed by atoms with E-state index < -0.39 is 6.10 Å². The van der Waals surface area contributed by atoms with Crippen molar-refractivity contribution >= 4 is 34.2 Å². The van der Waals surface area contributed by atoms with Crippen LogP contribution >= 0.6 is 15.9 Å². The molecule has 104 valence electrons. The summed E-state index contributed by atoms with van der Waals surface area (Å²) in [5, 5.41) is 0. The molecule has 0 saturated heterocycles. The smallest absolute Gasteiger partial charge is 0.222 e. The van der Waals surface area contributed by atoms with Gasteiger partial charge in [-0.15, -0.1) is 0 Å². The summed E-state index contributed by atoms with van der Waals surface area (Å²) >= 11 is 3.48. The summed E-state index contributed by atoms with van der Waals surface area (Å²) in [6.45, 7) is 0. The number of aliphatic imine (C=N–C) groups is 1. The number of hydrogen-bond donors (Lipinski definition) is 0. The van der Waals surface area contributed by atoms with Gasteiger partial charge in [-0.2, -0.15) is 0 Å². The zero-order valence-corrected chi connectivity index (χ0v) is 12.7. The molecule has 0 N–H and O–H groups in total. The lowest BCUT2D eigenvalue weighted by atomic mass is 10.1. The van der Waals surface area contributed by atoms with Crippen molar-refractivity contribution < 1.29 is 9.53 Å². The van der Waals surface area contributed by atoms with Crippen LogP contribution in [0, 0.1) is 0 Å². The van der Waals surface area contributed by atoms with E-state index in [1.165, 1.54) is 0 Å². The third-order valence-electron chi connectivity index (χ3n) is 3.11. The highest BCUT2D eigenvalue weighted by molar-refractivity contribution is 9.10. The standard InChI is InChI=1S/C17H12BrNO2/c18-14-9-5-4-8-13(14)10-15-16(11-20)21-17(19-15)12-6-2-1-3-7-12/h1-11,16H/b15-10-. The first-order valence-electron chi connectivity index (χ1n) is 6.50. The zero-order valence-electron chi connectivity index (χ0n) is 11.1. The number of halogens is 1. The Morgan fingerprint density at radius 3 is 2.48 bits per heavy atom. The molecule has 0 saturated carbocycles. The average molecular weight is 342 g/mol. The second-order valence-electron chi connectivity index (χ2n) is 4.55. The molecule has 0 bridgehead atoms. The molecule has 1 heterocycles. The third-order valence-corrected chi connectivity index (χ3v) is 3.84. The largest absolute Gasteiger partial charge is 0.460 e. The summed E-state index contributed by atoms with van der Waals surface area (Å²) in [5.74, 6) is 0.478. The number of ether oxygens (including phenoxy) is 1. The summed E-state index contributed by atoms with van der Waals surface area (Å²) in [6, 6.07) is 17.3. The zero-order chi connectivity index (χ0) is 14.7. The molecular weight excluding hydrogens is 330 g/mol. The maximum absolute atomic E-state index is 11.2. The maximum Gasteiger partial charge on any atom is 0.222 e. The third kappa shape index (κ3) is 2.95. The fraction of sp³-hybridized carbons (Fsp3) is 0.0588. The Morgan fingerprint density at radius 1 is 1.05 bits per heavy atom. The molecule has 2 aromatic rings. The van der Waals surface area contributed by atoms with Gasteiger partial charge in [0, 0.05) is 10.0 Å². The van der Waals surface area contributed by atoms with Crippen LogP contribution in [0.4, 0.5) is 0 Å². The Bertz CT molecular complexity index is 723. The van der Waals surface area contributed by atoms with Gasteiger partial charge in [0.2, 0.25) is 5.90 Å². The molecule has 4 heteroatoms. The molecule has 0 amide bonds. The highest BCUT2D eigenvalue weighted by Crippen LogP contribution is 2.25. The first kappa shape index (κ1) is 13.8. The van der Waals surface area contributed by atoms with Gasteiger partial charge in [-0.05, 0) is 29.8 Å². The summed E-state index contributed by atoms with van der Waals surface area (Å²) in [4.78, 5) is 15.7. The van der Waals surface area contributed by atoms with E-state index in [4.69, 9.17) is 4.74 Å². The van der Waals surface area contributed by atoms with Gasteiger partial charge in [-0.25, -0.2) is 4.99 Å². The minimum atomic E-state index is -0.660. The van der Waals surface area contributed by atoms with Crippen molar-refractivity contribution in [2.75, 3.05) is 0 Å². The molecular formula is C17H12BrNO2. The van der Waals surface area contributed by atoms with Gasteiger partial charge in [0.15, 0.2) is 12.4 Å². The monoisotopic (exact) mass is 341 g/mol. The molecule has 3 nitrogen and oxygen atoms in total. The first-order valence-corrected chi connectivity index (χ1v) is 7.29. The van der Waals surface area contributed by atoms with Crippen molar-refractivity contribution in [1.82, 2.24) is 0 Å². The summed E-state index contributed by atoms with van der Waals surface area (Å²) < 4.78 is 6.57. The molecule has 3 rings (SSSR count). The average Bonchev–Trinajstić information content (AvgIpc) is 2.93. The fourth-order valence-corrected chi connectivity index (χ4v) is 2.46. The van der Waals surface area contributed by atoms with Gasteiger partial charge in [0.1, 0.15) is 0 Å². The van der Waals surface area contributed by atoms with E-state index in [0.717, 1.165) is 21.9 Å². The quantitative estimate of drug-likeness (QED) is 0.795. The summed E-state index contributed by atoms with van der Waals surface area (Å²) in [6.07, 6.45) is 1.97. The van der Waals surface area contributed by atoms with Crippen molar-refractivity contribution in [3.8, 4) is 0 Å². The maximum atomic E-state index is 11.2. The van der Waals surface area contributed by atoms with Crippen LogP contribution in [0.1, 0.15) is 11.1 Å². The molecule has 0 spiro atoms. The van der Waals surface area contributed by atoms with Gasteiger partial charge in [0.25, 0.3) is 0 Å². The number of carbonyl (C=O) groups is 1. The summed E-state index contributed by atoms with van der Waals surface area (Å²) in [5.41, 5.74) is 2.43. The Balaban J connectivity index is 1.99. The highest BCUT2D eigenvalue weighted by atomic mass is 79.9. The second kappa shape index (κ2) is 6.06. The van der Waals surface area contributed by atoms with Crippen LogP contribution < -0.4 is 0 Å². The Labute approximate surface area is 131 Å². The van der Waals surface area contributed by atoms with Crippen LogP contribution in [0.2, 0.25) is 0 Å². The number of benzene rings is 2. The van der Waals surface area contributed by atoms with E-state index in [2.05, 4.69) is 20.9 Å². The fourth-order valence-electron chi connectivity index (χ4n) is 2.06. The molecule has 1 unspecified atom stereocenters. The lowest BCUT2D eigenvalue weighted by Crippen LogP contribution is -2.13. The van der Waals surface area contributed by atoms with E-state index in [1.807, 2.05) is 60.7 Å². The minimum absolute atomic E-state index is 0.478. The topological polar surface area (TPSA) is 38.7 Å². The number of rotatable bonds is 3. The number of nitrogens with zero attached hydrogens (tertiary/aromatic N) is 1. The van der Waals surface area contributed by atoms with Crippen molar-refractivity contribution in [1.29, 1.82) is 0 Å². The van der Waals surface area contributed by atoms with E-state index in [9.17, 15) is 4.79 Å². The number of aldehydes is 1. The molecule has 0 aliphatic carbocycles. The van der Waals surface area contributed by atoms with Crippen LogP contribution in [-0.2, 0) is 9.53 Å². The molecule has 2 aromatic carbocycles. The van der Waals surface area contributed by atoms with E-state index in [-0.39, 0.29) is 0 Å². The molecule has 1 aliphatic rings. The summed E-state index contributed by atoms with van der Waals surface area (Å²) in [7, 11) is 0. The van der Waals surface area contributed by atoms with Crippen molar-refractivity contribution in [3.63, 3.8) is 0 Å². The van der Waals surface area contributed by atoms with Crippen molar-refractivity contribution in [2.24, 2.45) is 4.99 Å². The minimum Gasteiger partial charge on any atom is -0.460 e. The van der Waals surface area contributed by atoms with E-state index in [0.29, 0.717) is 11.6 Å². The van der Waals surface area contributed by atoms with E-state index in [1.54, 1.807) is 0 Å². The highest BCUT2D eigenvalue weighted by Gasteiger charge is 2.25.